The van der Waals surface area contributed by atoms with Crippen molar-refractivity contribution in [2.75, 3.05) is 6.61 Å². The monoisotopic (exact) mass is 145 g/mol. The molecule has 0 radical (unpaired) electrons. The molecule has 4 heteroatoms. The van der Waals surface area contributed by atoms with E-state index >= 15 is 0 Å². The summed E-state index contributed by atoms with van der Waals surface area (Å²) < 4.78 is 4.80. The average molecular weight is 145 g/mol. The molecule has 0 bridgehead atoms. The molecule has 58 valence electrons. The molecule has 0 spiro atoms. The van der Waals surface area contributed by atoms with E-state index < -0.39 is 17.6 Å². The summed E-state index contributed by atoms with van der Waals surface area (Å²) in [4.78, 5) is 10.7. The summed E-state index contributed by atoms with van der Waals surface area (Å²) in [6, 6.07) is -0.558. The first-order chi connectivity index (χ1) is 4.57. The molecule has 0 saturated carbocycles. The zero-order chi connectivity index (χ0) is 7.78. The van der Waals surface area contributed by atoms with Crippen LogP contribution in [0.25, 0.3) is 0 Å². The number of aliphatic hydroxyl groups is 1. The van der Waals surface area contributed by atoms with Crippen molar-refractivity contribution in [3.8, 4) is 0 Å². The van der Waals surface area contributed by atoms with Gasteiger partial charge in [-0.3, -0.25) is 4.79 Å². The predicted molar refractivity (Wildman–Crippen MR) is 34.2 cm³/mol. The molecule has 1 rings (SSSR count). The number of rotatable bonds is 1. The molecular weight excluding hydrogens is 134 g/mol. The first-order valence-corrected chi connectivity index (χ1v) is 3.17. The van der Waals surface area contributed by atoms with Crippen LogP contribution < -0.4 is 5.73 Å². The highest BCUT2D eigenvalue weighted by atomic mass is 16.6. The maximum absolute atomic E-state index is 10.7. The molecular formula is C6H11NO3. The molecule has 1 heterocycles. The third kappa shape index (κ3) is 1.12. The van der Waals surface area contributed by atoms with E-state index in [-0.39, 0.29) is 6.61 Å². The highest BCUT2D eigenvalue weighted by Gasteiger charge is 2.40. The quantitative estimate of drug-likeness (QED) is 0.465. The van der Waals surface area contributed by atoms with Crippen LogP contribution in [-0.4, -0.2) is 29.3 Å². The maximum atomic E-state index is 10.7. The van der Waals surface area contributed by atoms with Crippen molar-refractivity contribution < 1.29 is 14.6 Å². The van der Waals surface area contributed by atoms with E-state index in [0.717, 1.165) is 0 Å². The van der Waals surface area contributed by atoms with Gasteiger partial charge >= 0.3 is 5.97 Å². The molecule has 1 aliphatic heterocycles. The van der Waals surface area contributed by atoms with Gasteiger partial charge in [0, 0.05) is 6.42 Å². The largest absolute Gasteiger partial charge is 0.456 e. The van der Waals surface area contributed by atoms with Crippen LogP contribution >= 0.6 is 0 Å². The SMILES string of the molecule is C[C@@]1(CO)C[C@H](N)C(=O)O1. The van der Waals surface area contributed by atoms with E-state index in [1.807, 2.05) is 0 Å². The van der Waals surface area contributed by atoms with Crippen LogP contribution in [0.15, 0.2) is 0 Å². The van der Waals surface area contributed by atoms with Gasteiger partial charge in [0.2, 0.25) is 0 Å². The Labute approximate surface area is 59.0 Å². The highest BCUT2D eigenvalue weighted by Crippen LogP contribution is 2.24. The number of hydrogen-bond acceptors (Lipinski definition) is 4. The fourth-order valence-corrected chi connectivity index (χ4v) is 1.01. The molecule has 1 fully saturated rings. The van der Waals surface area contributed by atoms with E-state index in [9.17, 15) is 4.79 Å². The summed E-state index contributed by atoms with van der Waals surface area (Å²) in [5.41, 5.74) is 4.60. The van der Waals surface area contributed by atoms with E-state index in [2.05, 4.69) is 0 Å². The molecule has 4 nitrogen and oxygen atoms in total. The predicted octanol–water partition coefficient (Wildman–Crippen LogP) is -0.988. The van der Waals surface area contributed by atoms with Crippen molar-refractivity contribution in [2.45, 2.75) is 25.0 Å². The zero-order valence-electron chi connectivity index (χ0n) is 5.83. The minimum atomic E-state index is -0.740. The second-order valence-electron chi connectivity index (χ2n) is 2.84. The van der Waals surface area contributed by atoms with Crippen LogP contribution in [0.5, 0.6) is 0 Å². The van der Waals surface area contributed by atoms with Gasteiger partial charge in [0.25, 0.3) is 0 Å². The summed E-state index contributed by atoms with van der Waals surface area (Å²) in [5, 5.41) is 8.73. The van der Waals surface area contributed by atoms with Crippen LogP contribution in [0.1, 0.15) is 13.3 Å². The average Bonchev–Trinajstić information content (AvgIpc) is 2.10. The number of ether oxygens (including phenoxy) is 1. The van der Waals surface area contributed by atoms with Gasteiger partial charge < -0.3 is 15.6 Å². The lowest BCUT2D eigenvalue weighted by atomic mass is 10.0. The van der Waals surface area contributed by atoms with Crippen LogP contribution in [0.2, 0.25) is 0 Å². The Morgan fingerprint density at radius 1 is 2.00 bits per heavy atom. The van der Waals surface area contributed by atoms with Gasteiger partial charge in [-0.1, -0.05) is 0 Å². The molecule has 0 amide bonds. The van der Waals surface area contributed by atoms with Crippen molar-refractivity contribution in [3.63, 3.8) is 0 Å². The minimum absolute atomic E-state index is 0.160. The Bertz CT molecular complexity index is 159. The van der Waals surface area contributed by atoms with Crippen molar-refractivity contribution in [3.05, 3.63) is 0 Å². The smallest absolute Gasteiger partial charge is 0.323 e. The number of cyclic esters (lactones) is 1. The van der Waals surface area contributed by atoms with E-state index in [0.29, 0.717) is 6.42 Å². The Hall–Kier alpha value is -0.610. The van der Waals surface area contributed by atoms with Gasteiger partial charge in [-0.15, -0.1) is 0 Å². The zero-order valence-corrected chi connectivity index (χ0v) is 5.83. The maximum Gasteiger partial charge on any atom is 0.323 e. The number of nitrogens with two attached hydrogens (primary N) is 1. The standard InChI is InChI=1S/C6H11NO3/c1-6(3-8)2-4(7)5(9)10-6/h4,8H,2-3,7H2,1H3/t4-,6-/m0/s1. The number of esters is 1. The first kappa shape index (κ1) is 7.50. The molecule has 0 aliphatic carbocycles. The fourth-order valence-electron chi connectivity index (χ4n) is 1.01. The lowest BCUT2D eigenvalue weighted by Crippen LogP contribution is -2.29. The summed E-state index contributed by atoms with van der Waals surface area (Å²) in [5.74, 6) is -0.420. The van der Waals surface area contributed by atoms with Gasteiger partial charge in [-0.05, 0) is 6.92 Å². The van der Waals surface area contributed by atoms with E-state index in [4.69, 9.17) is 15.6 Å². The summed E-state index contributed by atoms with van der Waals surface area (Å²) in [7, 11) is 0. The number of hydrogen-bond donors (Lipinski definition) is 2. The third-order valence-corrected chi connectivity index (χ3v) is 1.64. The molecule has 10 heavy (non-hydrogen) atoms. The van der Waals surface area contributed by atoms with Crippen molar-refractivity contribution >= 4 is 5.97 Å². The lowest BCUT2D eigenvalue weighted by Gasteiger charge is -2.17. The van der Waals surface area contributed by atoms with Crippen LogP contribution in [0.4, 0.5) is 0 Å². The second kappa shape index (κ2) is 2.21. The molecule has 0 aromatic heterocycles. The molecule has 3 N–H and O–H groups in total. The Balaban J connectivity index is 2.64. The fraction of sp³-hybridized carbons (Fsp3) is 0.833. The molecule has 0 aromatic carbocycles. The minimum Gasteiger partial charge on any atom is -0.456 e. The Morgan fingerprint density at radius 3 is 2.80 bits per heavy atom. The summed E-state index contributed by atoms with van der Waals surface area (Å²) in [6.45, 7) is 1.50. The van der Waals surface area contributed by atoms with Crippen LogP contribution in [0.3, 0.4) is 0 Å². The van der Waals surface area contributed by atoms with Crippen LogP contribution in [0, 0.1) is 0 Å². The highest BCUT2D eigenvalue weighted by molar-refractivity contribution is 5.78. The second-order valence-corrected chi connectivity index (χ2v) is 2.84. The molecule has 1 saturated heterocycles. The molecule has 0 unspecified atom stereocenters. The number of aliphatic hydroxyl groups excluding tert-OH is 1. The van der Waals surface area contributed by atoms with Gasteiger partial charge in [-0.25, -0.2) is 0 Å². The van der Waals surface area contributed by atoms with Crippen molar-refractivity contribution in [1.29, 1.82) is 0 Å². The normalized spacial score (nSPS) is 39.9. The lowest BCUT2D eigenvalue weighted by molar-refractivity contribution is -0.150. The third-order valence-electron chi connectivity index (χ3n) is 1.64. The van der Waals surface area contributed by atoms with E-state index in [1.54, 1.807) is 6.92 Å². The number of carbonyl (C=O) groups excluding carboxylic acids is 1. The molecule has 2 atom stereocenters. The van der Waals surface area contributed by atoms with Gasteiger partial charge in [0.05, 0.1) is 6.61 Å². The van der Waals surface area contributed by atoms with Gasteiger partial charge in [0.1, 0.15) is 11.6 Å². The Kier molecular flexibility index (Phi) is 1.66. The topological polar surface area (TPSA) is 72.5 Å². The summed E-state index contributed by atoms with van der Waals surface area (Å²) in [6.07, 6.45) is 0.405. The molecule has 1 aliphatic rings. The first-order valence-electron chi connectivity index (χ1n) is 3.17. The van der Waals surface area contributed by atoms with Crippen molar-refractivity contribution in [2.24, 2.45) is 5.73 Å². The molecule has 0 aromatic rings. The summed E-state index contributed by atoms with van der Waals surface area (Å²) >= 11 is 0. The van der Waals surface area contributed by atoms with Gasteiger partial charge in [0.15, 0.2) is 0 Å². The Morgan fingerprint density at radius 2 is 2.60 bits per heavy atom. The van der Waals surface area contributed by atoms with Crippen LogP contribution in [-0.2, 0) is 9.53 Å². The number of carbonyl (C=O) groups is 1. The van der Waals surface area contributed by atoms with Gasteiger partial charge in [-0.2, -0.15) is 0 Å². The van der Waals surface area contributed by atoms with E-state index in [1.165, 1.54) is 0 Å². The van der Waals surface area contributed by atoms with Crippen molar-refractivity contribution in [1.82, 2.24) is 0 Å².